The molecule has 1 amide bonds. The van der Waals surface area contributed by atoms with Crippen molar-refractivity contribution in [1.82, 2.24) is 15.3 Å². The van der Waals surface area contributed by atoms with Gasteiger partial charge in [-0.25, -0.2) is 9.97 Å². The second-order valence-corrected chi connectivity index (χ2v) is 7.10. The number of carbonyl (C=O) groups is 1. The Bertz CT molecular complexity index is 917. The van der Waals surface area contributed by atoms with Gasteiger partial charge in [0, 0.05) is 11.1 Å². The first-order valence-corrected chi connectivity index (χ1v) is 8.45. The Kier molecular flexibility index (Phi) is 4.53. The fourth-order valence-corrected chi connectivity index (χ4v) is 2.90. The second-order valence-electron chi connectivity index (χ2n) is 7.10. The van der Waals surface area contributed by atoms with E-state index >= 15 is 0 Å². The van der Waals surface area contributed by atoms with Crippen LogP contribution in [0.25, 0.3) is 11.0 Å². The minimum Gasteiger partial charge on any atom is -0.347 e. The Morgan fingerprint density at radius 1 is 0.960 bits per heavy atom. The Balaban J connectivity index is 1.80. The van der Waals surface area contributed by atoms with E-state index in [4.69, 9.17) is 0 Å². The van der Waals surface area contributed by atoms with Crippen LogP contribution >= 0.6 is 0 Å². The van der Waals surface area contributed by atoms with E-state index in [1.807, 2.05) is 58.0 Å². The number of benzene rings is 2. The largest absolute Gasteiger partial charge is 0.347 e. The molecule has 0 atom stereocenters. The average Bonchev–Trinajstić information content (AvgIpc) is 2.55. The van der Waals surface area contributed by atoms with Crippen molar-refractivity contribution in [3.05, 3.63) is 71.0 Å². The van der Waals surface area contributed by atoms with Crippen LogP contribution in [0.2, 0.25) is 0 Å². The number of aromatic nitrogens is 2. The number of aryl methyl sites for hydroxylation is 2. The SMILES string of the molecule is Cc1nc2ccc(C(=O)NC(C)(C)Cc3ccccc3)cc2nc1C. The van der Waals surface area contributed by atoms with Gasteiger partial charge in [0.25, 0.3) is 5.91 Å². The number of fused-ring (bicyclic) bond motifs is 1. The van der Waals surface area contributed by atoms with Gasteiger partial charge < -0.3 is 5.32 Å². The Labute approximate surface area is 148 Å². The van der Waals surface area contributed by atoms with E-state index in [0.717, 1.165) is 28.8 Å². The summed E-state index contributed by atoms with van der Waals surface area (Å²) >= 11 is 0. The maximum atomic E-state index is 12.7. The molecule has 1 N–H and O–H groups in total. The maximum Gasteiger partial charge on any atom is 0.251 e. The lowest BCUT2D eigenvalue weighted by Crippen LogP contribution is -2.45. The summed E-state index contributed by atoms with van der Waals surface area (Å²) in [6.45, 7) is 7.94. The van der Waals surface area contributed by atoms with Crippen molar-refractivity contribution in [3.63, 3.8) is 0 Å². The predicted molar refractivity (Wildman–Crippen MR) is 101 cm³/mol. The highest BCUT2D eigenvalue weighted by molar-refractivity contribution is 5.97. The molecular formula is C21H23N3O. The molecular weight excluding hydrogens is 310 g/mol. The number of nitrogens with zero attached hydrogens (tertiary/aromatic N) is 2. The van der Waals surface area contributed by atoms with E-state index in [0.29, 0.717) is 5.56 Å². The summed E-state index contributed by atoms with van der Waals surface area (Å²) < 4.78 is 0. The third-order valence-corrected chi connectivity index (χ3v) is 4.28. The van der Waals surface area contributed by atoms with Crippen molar-refractivity contribution in [2.24, 2.45) is 0 Å². The molecule has 0 saturated carbocycles. The van der Waals surface area contributed by atoms with E-state index in [1.165, 1.54) is 5.56 Å². The van der Waals surface area contributed by atoms with Crippen LogP contribution in [0.4, 0.5) is 0 Å². The number of hydrogen-bond donors (Lipinski definition) is 1. The van der Waals surface area contributed by atoms with Crippen LogP contribution in [0, 0.1) is 13.8 Å². The van der Waals surface area contributed by atoms with E-state index in [2.05, 4.69) is 27.4 Å². The first-order valence-electron chi connectivity index (χ1n) is 8.45. The molecule has 0 bridgehead atoms. The molecule has 128 valence electrons. The normalized spacial score (nSPS) is 11.5. The van der Waals surface area contributed by atoms with Crippen molar-refractivity contribution in [3.8, 4) is 0 Å². The molecule has 1 heterocycles. The van der Waals surface area contributed by atoms with Crippen molar-refractivity contribution in [1.29, 1.82) is 0 Å². The first kappa shape index (κ1) is 17.1. The van der Waals surface area contributed by atoms with Gasteiger partial charge in [-0.1, -0.05) is 30.3 Å². The average molecular weight is 333 g/mol. The number of rotatable bonds is 4. The molecule has 3 rings (SSSR count). The highest BCUT2D eigenvalue weighted by Crippen LogP contribution is 2.17. The van der Waals surface area contributed by atoms with Crippen LogP contribution in [0.1, 0.15) is 41.2 Å². The Morgan fingerprint density at radius 2 is 1.60 bits per heavy atom. The van der Waals surface area contributed by atoms with Gasteiger partial charge in [-0.05, 0) is 57.9 Å². The highest BCUT2D eigenvalue weighted by Gasteiger charge is 2.22. The van der Waals surface area contributed by atoms with Crippen LogP contribution < -0.4 is 5.32 Å². The fourth-order valence-electron chi connectivity index (χ4n) is 2.90. The molecule has 0 aliphatic heterocycles. The Hall–Kier alpha value is -2.75. The zero-order valence-electron chi connectivity index (χ0n) is 15.1. The van der Waals surface area contributed by atoms with Crippen LogP contribution in [0.3, 0.4) is 0 Å². The molecule has 0 spiro atoms. The molecule has 0 saturated heterocycles. The lowest BCUT2D eigenvalue weighted by Gasteiger charge is -2.26. The molecule has 4 heteroatoms. The molecule has 0 aliphatic rings. The lowest BCUT2D eigenvalue weighted by molar-refractivity contribution is 0.0913. The van der Waals surface area contributed by atoms with Gasteiger partial charge in [0.15, 0.2) is 0 Å². The summed E-state index contributed by atoms with van der Waals surface area (Å²) in [5, 5.41) is 3.12. The summed E-state index contributed by atoms with van der Waals surface area (Å²) in [5.41, 5.74) is 4.81. The molecule has 4 nitrogen and oxygen atoms in total. The molecule has 0 aliphatic carbocycles. The van der Waals surface area contributed by atoms with Crippen LogP contribution in [-0.2, 0) is 6.42 Å². The standard InChI is InChI=1S/C21H23N3O/c1-14-15(2)23-19-12-17(10-11-18(19)22-14)20(25)24-21(3,4)13-16-8-6-5-7-9-16/h5-12H,13H2,1-4H3,(H,24,25). The summed E-state index contributed by atoms with van der Waals surface area (Å²) in [7, 11) is 0. The minimum atomic E-state index is -0.345. The van der Waals surface area contributed by atoms with E-state index in [1.54, 1.807) is 6.07 Å². The van der Waals surface area contributed by atoms with Crippen molar-refractivity contribution in [2.45, 2.75) is 39.7 Å². The van der Waals surface area contributed by atoms with Gasteiger partial charge in [0.2, 0.25) is 0 Å². The van der Waals surface area contributed by atoms with Gasteiger partial charge in [-0.15, -0.1) is 0 Å². The molecule has 2 aromatic carbocycles. The van der Waals surface area contributed by atoms with Crippen molar-refractivity contribution in [2.75, 3.05) is 0 Å². The second kappa shape index (κ2) is 6.63. The summed E-state index contributed by atoms with van der Waals surface area (Å²) in [6.07, 6.45) is 0.769. The quantitative estimate of drug-likeness (QED) is 0.785. The topological polar surface area (TPSA) is 54.9 Å². The highest BCUT2D eigenvalue weighted by atomic mass is 16.1. The van der Waals surface area contributed by atoms with E-state index in [-0.39, 0.29) is 11.4 Å². The molecule has 25 heavy (non-hydrogen) atoms. The number of nitrogens with one attached hydrogen (secondary N) is 1. The summed E-state index contributed by atoms with van der Waals surface area (Å²) in [5.74, 6) is -0.0946. The number of hydrogen-bond acceptors (Lipinski definition) is 3. The smallest absolute Gasteiger partial charge is 0.251 e. The number of amides is 1. The van der Waals surface area contributed by atoms with Gasteiger partial charge >= 0.3 is 0 Å². The molecule has 1 aromatic heterocycles. The van der Waals surface area contributed by atoms with Gasteiger partial charge in [0.1, 0.15) is 0 Å². The molecule has 0 radical (unpaired) electrons. The van der Waals surface area contributed by atoms with Gasteiger partial charge in [-0.2, -0.15) is 0 Å². The molecule has 0 unspecified atom stereocenters. The maximum absolute atomic E-state index is 12.7. The lowest BCUT2D eigenvalue weighted by atomic mass is 9.94. The van der Waals surface area contributed by atoms with Crippen molar-refractivity contribution < 1.29 is 4.79 Å². The van der Waals surface area contributed by atoms with E-state index < -0.39 is 0 Å². The van der Waals surface area contributed by atoms with E-state index in [9.17, 15) is 4.79 Å². The third kappa shape index (κ3) is 4.02. The minimum absolute atomic E-state index is 0.0946. The molecule has 0 fully saturated rings. The van der Waals surface area contributed by atoms with Crippen LogP contribution in [-0.4, -0.2) is 21.4 Å². The fraction of sp³-hybridized carbons (Fsp3) is 0.286. The Morgan fingerprint density at radius 3 is 2.28 bits per heavy atom. The van der Waals surface area contributed by atoms with Crippen LogP contribution in [0.5, 0.6) is 0 Å². The third-order valence-electron chi connectivity index (χ3n) is 4.28. The number of carbonyl (C=O) groups excluding carboxylic acids is 1. The summed E-state index contributed by atoms with van der Waals surface area (Å²) in [4.78, 5) is 21.7. The predicted octanol–water partition coefficient (Wildman–Crippen LogP) is 4.00. The van der Waals surface area contributed by atoms with Gasteiger partial charge in [-0.3, -0.25) is 4.79 Å². The van der Waals surface area contributed by atoms with Crippen molar-refractivity contribution >= 4 is 16.9 Å². The summed E-state index contributed by atoms with van der Waals surface area (Å²) in [6, 6.07) is 15.6. The zero-order valence-corrected chi connectivity index (χ0v) is 15.1. The monoisotopic (exact) mass is 333 g/mol. The van der Waals surface area contributed by atoms with Gasteiger partial charge in [0.05, 0.1) is 22.4 Å². The zero-order chi connectivity index (χ0) is 18.0. The van der Waals surface area contributed by atoms with Crippen LogP contribution in [0.15, 0.2) is 48.5 Å². The molecule has 3 aromatic rings. The first-order chi connectivity index (χ1) is 11.8.